The minimum absolute atomic E-state index is 0.230. The summed E-state index contributed by atoms with van der Waals surface area (Å²) in [4.78, 5) is 50.1. The molecule has 1 aliphatic rings. The van der Waals surface area contributed by atoms with Crippen molar-refractivity contribution >= 4 is 47.2 Å². The number of imide groups is 2. The van der Waals surface area contributed by atoms with E-state index in [0.717, 1.165) is 10.5 Å². The molecule has 0 aliphatic carbocycles. The number of amides is 4. The normalized spacial score (nSPS) is 14.8. The maximum Gasteiger partial charge on any atom is 0.343 e. The fraction of sp³-hybridized carbons (Fsp3) is 0.217. The molecule has 0 radical (unpaired) electrons. The van der Waals surface area contributed by atoms with Gasteiger partial charge in [-0.3, -0.25) is 14.9 Å². The fourth-order valence-electron chi connectivity index (χ4n) is 2.98. The summed E-state index contributed by atoms with van der Waals surface area (Å²) < 4.78 is 15.5. The van der Waals surface area contributed by atoms with Crippen LogP contribution in [0.4, 0.5) is 10.5 Å². The number of halogens is 1. The van der Waals surface area contributed by atoms with Crippen LogP contribution < -0.4 is 19.7 Å². The largest absolute Gasteiger partial charge is 0.490 e. The second kappa shape index (κ2) is 10.2. The van der Waals surface area contributed by atoms with E-state index in [-0.39, 0.29) is 23.6 Å². The Balaban J connectivity index is 1.94. The maximum absolute atomic E-state index is 13.1. The topological polar surface area (TPSA) is 111 Å². The quantitative estimate of drug-likeness (QED) is 0.374. The zero-order chi connectivity index (χ0) is 24.1. The molecule has 0 saturated carbocycles. The minimum atomic E-state index is -0.872. The predicted octanol–water partition coefficient (Wildman–Crippen LogP) is 3.27. The van der Waals surface area contributed by atoms with Gasteiger partial charge < -0.3 is 14.2 Å². The molecule has 0 bridgehead atoms. The van der Waals surface area contributed by atoms with Crippen LogP contribution in [0.3, 0.4) is 0 Å². The maximum atomic E-state index is 13.1. The van der Waals surface area contributed by atoms with Gasteiger partial charge in [-0.1, -0.05) is 23.7 Å². The van der Waals surface area contributed by atoms with E-state index in [1.54, 1.807) is 38.1 Å². The molecule has 2 aromatic carbocycles. The van der Waals surface area contributed by atoms with E-state index in [9.17, 15) is 19.2 Å². The summed E-state index contributed by atoms with van der Waals surface area (Å²) in [5.74, 6) is -1.60. The molecule has 9 nitrogen and oxygen atoms in total. The van der Waals surface area contributed by atoms with Crippen LogP contribution in [0.5, 0.6) is 11.5 Å². The van der Waals surface area contributed by atoms with Crippen LogP contribution in [-0.4, -0.2) is 44.1 Å². The highest BCUT2D eigenvalue weighted by molar-refractivity contribution is 6.39. The number of barbiturate groups is 1. The summed E-state index contributed by atoms with van der Waals surface area (Å²) in [5, 5.41) is 2.54. The van der Waals surface area contributed by atoms with Gasteiger partial charge in [-0.25, -0.2) is 14.5 Å². The molecular weight excluding hydrogens is 452 g/mol. The van der Waals surface area contributed by atoms with Crippen molar-refractivity contribution in [3.05, 3.63) is 58.1 Å². The van der Waals surface area contributed by atoms with Crippen molar-refractivity contribution in [3.8, 4) is 11.5 Å². The molecule has 1 heterocycles. The lowest BCUT2D eigenvalue weighted by Crippen LogP contribution is -2.54. The number of anilines is 1. The van der Waals surface area contributed by atoms with E-state index in [1.807, 2.05) is 0 Å². The van der Waals surface area contributed by atoms with E-state index >= 15 is 0 Å². The summed E-state index contributed by atoms with van der Waals surface area (Å²) in [6.45, 7) is 3.55. The van der Waals surface area contributed by atoms with Gasteiger partial charge in [0.2, 0.25) is 0 Å². The third kappa shape index (κ3) is 5.32. The first-order valence-electron chi connectivity index (χ1n) is 9.89. The number of nitrogens with zero attached hydrogens (tertiary/aromatic N) is 1. The SMILES string of the molecule is CCOc1cc(/C=C2/C(=O)NC(=O)N(c3ccc(C)c(Cl)c3)C2=O)ccc1OCC(=O)OC. The molecular formula is C23H21ClN2O7. The molecule has 0 spiro atoms. The van der Waals surface area contributed by atoms with E-state index in [0.29, 0.717) is 22.9 Å². The van der Waals surface area contributed by atoms with Gasteiger partial charge >= 0.3 is 12.0 Å². The summed E-state index contributed by atoms with van der Waals surface area (Å²) >= 11 is 6.13. The molecule has 10 heteroatoms. The molecule has 172 valence electrons. The molecule has 1 saturated heterocycles. The van der Waals surface area contributed by atoms with E-state index in [1.165, 1.54) is 25.3 Å². The van der Waals surface area contributed by atoms with Crippen molar-refractivity contribution < 1.29 is 33.4 Å². The second-order valence-corrected chi connectivity index (χ2v) is 7.30. The summed E-state index contributed by atoms with van der Waals surface area (Å²) in [7, 11) is 1.25. The van der Waals surface area contributed by atoms with Crippen LogP contribution in [-0.2, 0) is 19.1 Å². The highest BCUT2D eigenvalue weighted by atomic mass is 35.5. The van der Waals surface area contributed by atoms with Crippen LogP contribution in [0.1, 0.15) is 18.1 Å². The lowest BCUT2D eigenvalue weighted by Gasteiger charge is -2.26. The van der Waals surface area contributed by atoms with Crippen LogP contribution in [0, 0.1) is 6.92 Å². The summed E-state index contributed by atoms with van der Waals surface area (Å²) in [6, 6.07) is 8.49. The van der Waals surface area contributed by atoms with Gasteiger partial charge in [-0.15, -0.1) is 0 Å². The molecule has 2 aromatic rings. The Hall–Kier alpha value is -3.85. The Kier molecular flexibility index (Phi) is 7.34. The Bertz CT molecular complexity index is 1160. The van der Waals surface area contributed by atoms with Crippen molar-refractivity contribution in [2.24, 2.45) is 0 Å². The van der Waals surface area contributed by atoms with Gasteiger partial charge in [0.1, 0.15) is 5.57 Å². The van der Waals surface area contributed by atoms with Gasteiger partial charge in [0, 0.05) is 5.02 Å². The van der Waals surface area contributed by atoms with Crippen molar-refractivity contribution in [1.29, 1.82) is 0 Å². The second-order valence-electron chi connectivity index (χ2n) is 6.90. The number of hydrogen-bond acceptors (Lipinski definition) is 7. The molecule has 0 aromatic heterocycles. The molecule has 1 fully saturated rings. The van der Waals surface area contributed by atoms with Crippen molar-refractivity contribution in [2.45, 2.75) is 13.8 Å². The summed E-state index contributed by atoms with van der Waals surface area (Å²) in [6.07, 6.45) is 1.33. The standard InChI is InChI=1S/C23H21ClN2O7/c1-4-32-19-10-14(6-8-18(19)33-12-20(27)31-3)9-16-21(28)25-23(30)26(22(16)29)15-7-5-13(2)17(24)11-15/h5-11H,4,12H2,1-3H3,(H,25,28,30)/b16-9-. The molecule has 3 rings (SSSR count). The number of methoxy groups -OCH3 is 1. The lowest BCUT2D eigenvalue weighted by molar-refractivity contribution is -0.143. The van der Waals surface area contributed by atoms with E-state index in [2.05, 4.69) is 10.1 Å². The Labute approximate surface area is 194 Å². The number of aryl methyl sites for hydroxylation is 1. The van der Waals surface area contributed by atoms with Crippen molar-refractivity contribution in [3.63, 3.8) is 0 Å². The highest BCUT2D eigenvalue weighted by Gasteiger charge is 2.37. The third-order valence-corrected chi connectivity index (χ3v) is 5.07. The summed E-state index contributed by atoms with van der Waals surface area (Å²) in [5.41, 5.74) is 1.19. The number of carbonyl (C=O) groups is 4. The van der Waals surface area contributed by atoms with Crippen LogP contribution in [0.15, 0.2) is 42.0 Å². The van der Waals surface area contributed by atoms with E-state index in [4.69, 9.17) is 21.1 Å². The Morgan fingerprint density at radius 2 is 1.85 bits per heavy atom. The number of nitrogens with one attached hydrogen (secondary N) is 1. The van der Waals surface area contributed by atoms with E-state index < -0.39 is 23.8 Å². The number of esters is 1. The fourth-order valence-corrected chi connectivity index (χ4v) is 3.15. The minimum Gasteiger partial charge on any atom is -0.490 e. The predicted molar refractivity (Wildman–Crippen MR) is 120 cm³/mol. The number of hydrogen-bond donors (Lipinski definition) is 1. The smallest absolute Gasteiger partial charge is 0.343 e. The van der Waals surface area contributed by atoms with Gasteiger partial charge in [0.25, 0.3) is 11.8 Å². The molecule has 0 atom stereocenters. The van der Waals surface area contributed by atoms with Crippen molar-refractivity contribution in [2.75, 3.05) is 25.2 Å². The monoisotopic (exact) mass is 472 g/mol. The molecule has 4 amide bonds. The Morgan fingerprint density at radius 1 is 1.09 bits per heavy atom. The lowest BCUT2D eigenvalue weighted by atomic mass is 10.1. The number of carbonyl (C=O) groups excluding carboxylic acids is 4. The molecule has 1 N–H and O–H groups in total. The van der Waals surface area contributed by atoms with Gasteiger partial charge in [0.05, 0.1) is 19.4 Å². The highest BCUT2D eigenvalue weighted by Crippen LogP contribution is 2.31. The number of ether oxygens (including phenoxy) is 3. The average molecular weight is 473 g/mol. The zero-order valence-corrected chi connectivity index (χ0v) is 18.9. The van der Waals surface area contributed by atoms with Crippen LogP contribution >= 0.6 is 11.6 Å². The Morgan fingerprint density at radius 3 is 2.52 bits per heavy atom. The number of urea groups is 1. The first-order chi connectivity index (χ1) is 15.7. The number of rotatable bonds is 7. The van der Waals surface area contributed by atoms with Gasteiger partial charge in [0.15, 0.2) is 18.1 Å². The first-order valence-corrected chi connectivity index (χ1v) is 10.3. The van der Waals surface area contributed by atoms with Crippen molar-refractivity contribution in [1.82, 2.24) is 5.32 Å². The molecule has 1 aliphatic heterocycles. The first kappa shape index (κ1) is 23.8. The number of benzene rings is 2. The third-order valence-electron chi connectivity index (χ3n) is 4.67. The average Bonchev–Trinajstić information content (AvgIpc) is 2.78. The van der Waals surface area contributed by atoms with Crippen LogP contribution in [0.2, 0.25) is 5.02 Å². The molecule has 0 unspecified atom stereocenters. The van der Waals surface area contributed by atoms with Gasteiger partial charge in [-0.2, -0.15) is 0 Å². The zero-order valence-electron chi connectivity index (χ0n) is 18.1. The molecule has 33 heavy (non-hydrogen) atoms. The van der Waals surface area contributed by atoms with Gasteiger partial charge in [-0.05, 0) is 55.3 Å². The van der Waals surface area contributed by atoms with Crippen LogP contribution in [0.25, 0.3) is 6.08 Å².